The van der Waals surface area contributed by atoms with Crippen molar-refractivity contribution in [3.05, 3.63) is 112 Å². The first-order chi connectivity index (χ1) is 27.1. The van der Waals surface area contributed by atoms with Crippen LogP contribution in [0.2, 0.25) is 0 Å². The summed E-state index contributed by atoms with van der Waals surface area (Å²) in [5.41, 5.74) is 2.46. The van der Waals surface area contributed by atoms with Crippen molar-refractivity contribution in [1.82, 2.24) is 21.3 Å². The SMILES string of the molecule is CC(C)(C)OC(=O)C[C@@H]1NC(=O)[C@H](Cc2ccc(-c3ccccc3)cc2)NC(=O)C(c2cccs2)NC(=O)CCC(=O)Nc2ccc(cc2)C[C@@H](C(=O)O)NC1=O. The van der Waals surface area contributed by atoms with E-state index in [1.165, 1.54) is 11.3 Å². The van der Waals surface area contributed by atoms with Gasteiger partial charge in [-0.2, -0.15) is 0 Å². The molecule has 4 atom stereocenters. The number of thiophene rings is 1. The summed E-state index contributed by atoms with van der Waals surface area (Å²) >= 11 is 1.20. The van der Waals surface area contributed by atoms with Gasteiger partial charge in [-0.3, -0.25) is 28.8 Å². The first-order valence-corrected chi connectivity index (χ1v) is 19.2. The molecule has 2 aliphatic heterocycles. The van der Waals surface area contributed by atoms with Crippen LogP contribution in [0.25, 0.3) is 11.1 Å². The Morgan fingerprint density at radius 3 is 1.98 bits per heavy atom. The molecular weight excluding hydrogens is 751 g/mol. The van der Waals surface area contributed by atoms with E-state index in [1.54, 1.807) is 74.7 Å². The number of hydrogen-bond donors (Lipinski definition) is 6. The van der Waals surface area contributed by atoms with Crippen LogP contribution in [0, 0.1) is 0 Å². The first kappa shape index (κ1) is 41.8. The van der Waals surface area contributed by atoms with Gasteiger partial charge < -0.3 is 36.4 Å². The lowest BCUT2D eigenvalue weighted by Crippen LogP contribution is -2.58. The number of carbonyl (C=O) groups excluding carboxylic acids is 6. The number of carboxylic acid groups (broad SMARTS) is 1. The number of carbonyl (C=O) groups is 7. The van der Waals surface area contributed by atoms with Gasteiger partial charge >= 0.3 is 11.9 Å². The van der Waals surface area contributed by atoms with Gasteiger partial charge in [-0.15, -0.1) is 11.3 Å². The zero-order valence-corrected chi connectivity index (χ0v) is 32.5. The molecule has 0 saturated heterocycles. The Bertz CT molecular complexity index is 2070. The van der Waals surface area contributed by atoms with Crippen molar-refractivity contribution in [2.45, 2.75) is 82.6 Å². The molecule has 6 N–H and O–H groups in total. The van der Waals surface area contributed by atoms with Gasteiger partial charge in [0, 0.05) is 36.2 Å². The predicted octanol–water partition coefficient (Wildman–Crippen LogP) is 4.06. The molecule has 2 aliphatic rings. The van der Waals surface area contributed by atoms with Gasteiger partial charge in [0.2, 0.25) is 29.5 Å². The van der Waals surface area contributed by atoms with E-state index in [4.69, 9.17) is 4.74 Å². The maximum Gasteiger partial charge on any atom is 0.326 e. The Balaban J connectivity index is 1.51. The molecule has 0 spiro atoms. The molecule has 1 unspecified atom stereocenters. The van der Waals surface area contributed by atoms with Crippen molar-refractivity contribution in [2.75, 3.05) is 5.32 Å². The topological polar surface area (TPSA) is 209 Å². The third-order valence-corrected chi connectivity index (χ3v) is 9.76. The average Bonchev–Trinajstić information content (AvgIpc) is 3.70. The summed E-state index contributed by atoms with van der Waals surface area (Å²) < 4.78 is 5.45. The van der Waals surface area contributed by atoms with Gasteiger partial charge in [0.1, 0.15) is 29.8 Å². The van der Waals surface area contributed by atoms with Gasteiger partial charge in [0.05, 0.1) is 6.42 Å². The summed E-state index contributed by atoms with van der Waals surface area (Å²) in [6.45, 7) is 4.90. The van der Waals surface area contributed by atoms with E-state index in [9.17, 15) is 38.7 Å². The zero-order chi connectivity index (χ0) is 41.1. The van der Waals surface area contributed by atoms with Crippen LogP contribution in [-0.4, -0.2) is 70.3 Å². The summed E-state index contributed by atoms with van der Waals surface area (Å²) in [5, 5.41) is 24.9. The van der Waals surface area contributed by atoms with Gasteiger partial charge in [-0.25, -0.2) is 4.79 Å². The number of hydrogen-bond acceptors (Lipinski definition) is 9. The van der Waals surface area contributed by atoms with Crippen LogP contribution in [0.3, 0.4) is 0 Å². The molecule has 6 rings (SSSR count). The lowest BCUT2D eigenvalue weighted by Gasteiger charge is -2.27. The minimum atomic E-state index is -1.62. The number of aliphatic carboxylic acids is 1. The second-order valence-corrected chi connectivity index (χ2v) is 15.5. The Morgan fingerprint density at radius 1 is 0.719 bits per heavy atom. The molecule has 1 aromatic heterocycles. The van der Waals surface area contributed by atoms with Gasteiger partial charge in [-0.1, -0.05) is 72.8 Å². The molecule has 3 aromatic carbocycles. The average molecular weight is 796 g/mol. The summed E-state index contributed by atoms with van der Waals surface area (Å²) in [5.74, 6) is -5.86. The van der Waals surface area contributed by atoms with Crippen molar-refractivity contribution in [3.8, 4) is 11.1 Å². The van der Waals surface area contributed by atoms with Crippen LogP contribution in [0.4, 0.5) is 5.69 Å². The van der Waals surface area contributed by atoms with Gasteiger partial charge in [-0.05, 0) is 66.6 Å². The Morgan fingerprint density at radius 2 is 1.35 bits per heavy atom. The molecule has 0 radical (unpaired) electrons. The number of anilines is 1. The minimum absolute atomic E-state index is 0.0771. The molecule has 14 nitrogen and oxygen atoms in total. The van der Waals surface area contributed by atoms with Gasteiger partial charge in [0.15, 0.2) is 0 Å². The van der Waals surface area contributed by atoms with Crippen LogP contribution in [0.15, 0.2) is 96.4 Å². The molecule has 0 fully saturated rings. The Labute approximate surface area is 333 Å². The molecule has 298 valence electrons. The molecule has 15 heteroatoms. The van der Waals surface area contributed by atoms with Crippen molar-refractivity contribution >= 4 is 58.5 Å². The van der Waals surface area contributed by atoms with Crippen LogP contribution in [-0.2, 0) is 51.1 Å². The molecular formula is C42H45N5O9S. The molecule has 2 bridgehead atoms. The first-order valence-electron chi connectivity index (χ1n) is 18.3. The Hall–Kier alpha value is -6.35. The highest BCUT2D eigenvalue weighted by atomic mass is 32.1. The molecule has 0 saturated carbocycles. The smallest absolute Gasteiger partial charge is 0.326 e. The summed E-state index contributed by atoms with van der Waals surface area (Å²) in [6, 6.07) is 20.8. The molecule has 57 heavy (non-hydrogen) atoms. The zero-order valence-electron chi connectivity index (χ0n) is 31.7. The standard InChI is InChI=1S/C42H45N5O9S/c1-42(2,3)56-36(50)24-31-39(52)46-32(41(54)55)23-26-13-17-29(18-14-26)43-34(48)19-20-35(49)47-37(33-10-7-21-57-33)40(53)45-30(38(51)44-31)22-25-11-15-28(16-12-25)27-8-5-4-6-9-27/h4-18,21,30-32,37H,19-20,22-24H2,1-3H3,(H,43,48)(H,44,51)(H,45,53)(H,46,52)(H,47,49)(H,54,55)/t30-,31-,32-,37?/m0/s1. The van der Waals surface area contributed by atoms with E-state index < -0.39 is 77.7 Å². The van der Waals surface area contributed by atoms with Crippen molar-refractivity contribution in [1.29, 1.82) is 0 Å². The maximum absolute atomic E-state index is 14.3. The monoisotopic (exact) mass is 795 g/mol. The highest BCUT2D eigenvalue weighted by molar-refractivity contribution is 7.10. The largest absolute Gasteiger partial charge is 0.480 e. The number of esters is 1. The van der Waals surface area contributed by atoms with Crippen molar-refractivity contribution in [3.63, 3.8) is 0 Å². The molecule has 4 aromatic rings. The fraction of sp³-hybridized carbons (Fsp3) is 0.310. The van der Waals surface area contributed by atoms with Crippen molar-refractivity contribution < 1.29 is 43.4 Å². The number of carboxylic acids is 1. The third-order valence-electron chi connectivity index (χ3n) is 8.82. The van der Waals surface area contributed by atoms with Crippen LogP contribution >= 0.6 is 11.3 Å². The molecule has 3 heterocycles. The summed E-state index contributed by atoms with van der Waals surface area (Å²) in [7, 11) is 0. The number of rotatable bonds is 7. The quantitative estimate of drug-likeness (QED) is 0.118. The van der Waals surface area contributed by atoms with Crippen LogP contribution in [0.1, 0.15) is 62.1 Å². The molecule has 0 aliphatic carbocycles. The second kappa shape index (κ2) is 19.0. The summed E-state index contributed by atoms with van der Waals surface area (Å²) in [6.07, 6.45) is -1.37. The summed E-state index contributed by atoms with van der Waals surface area (Å²) in [4.78, 5) is 94.1. The van der Waals surface area contributed by atoms with E-state index in [0.717, 1.165) is 11.1 Å². The fourth-order valence-electron chi connectivity index (χ4n) is 6.03. The molecule has 5 amide bonds. The number of nitrogens with one attached hydrogen (secondary N) is 5. The number of ether oxygens (including phenoxy) is 1. The highest BCUT2D eigenvalue weighted by Gasteiger charge is 2.34. The second-order valence-electron chi connectivity index (χ2n) is 14.5. The van der Waals surface area contributed by atoms with Crippen molar-refractivity contribution in [2.24, 2.45) is 0 Å². The minimum Gasteiger partial charge on any atom is -0.480 e. The van der Waals surface area contributed by atoms with E-state index in [0.29, 0.717) is 21.7 Å². The van der Waals surface area contributed by atoms with E-state index in [1.807, 2.05) is 42.5 Å². The predicted molar refractivity (Wildman–Crippen MR) is 213 cm³/mol. The van der Waals surface area contributed by atoms with Crippen LogP contribution < -0.4 is 26.6 Å². The van der Waals surface area contributed by atoms with E-state index in [2.05, 4.69) is 26.6 Å². The number of benzene rings is 3. The van der Waals surface area contributed by atoms with E-state index >= 15 is 0 Å². The van der Waals surface area contributed by atoms with Crippen LogP contribution in [0.5, 0.6) is 0 Å². The maximum atomic E-state index is 14.3. The third kappa shape index (κ3) is 12.6. The number of fused-ring (bicyclic) bond motifs is 18. The Kier molecular flexibility index (Phi) is 13.9. The highest BCUT2D eigenvalue weighted by Crippen LogP contribution is 2.23. The lowest BCUT2D eigenvalue weighted by atomic mass is 9.99. The van der Waals surface area contributed by atoms with Gasteiger partial charge in [0.25, 0.3) is 0 Å². The fourth-order valence-corrected chi connectivity index (χ4v) is 6.81. The van der Waals surface area contributed by atoms with E-state index in [-0.39, 0.29) is 25.7 Å². The normalized spacial score (nSPS) is 20.2. The number of amides is 5. The lowest BCUT2D eigenvalue weighted by molar-refractivity contribution is -0.156.